The summed E-state index contributed by atoms with van der Waals surface area (Å²) in [6.07, 6.45) is 2.22. The van der Waals surface area contributed by atoms with Crippen LogP contribution in [0.1, 0.15) is 31.0 Å². The van der Waals surface area contributed by atoms with Crippen molar-refractivity contribution in [2.24, 2.45) is 0 Å². The first-order valence-electron chi connectivity index (χ1n) is 8.56. The molecule has 0 bridgehead atoms. The zero-order chi connectivity index (χ0) is 18.5. The lowest BCUT2D eigenvalue weighted by atomic mass is 10.0. The van der Waals surface area contributed by atoms with E-state index in [2.05, 4.69) is 5.10 Å². The van der Waals surface area contributed by atoms with E-state index in [1.807, 2.05) is 38.1 Å². The number of aromatic nitrogens is 3. The first kappa shape index (κ1) is 17.0. The summed E-state index contributed by atoms with van der Waals surface area (Å²) in [5, 5.41) is 4.28. The van der Waals surface area contributed by atoms with Crippen molar-refractivity contribution in [3.05, 3.63) is 64.2 Å². The number of rotatable bonds is 3. The van der Waals surface area contributed by atoms with Gasteiger partial charge in [0.15, 0.2) is 5.65 Å². The number of sulfonamides is 1. The molecule has 3 aromatic rings. The second kappa shape index (κ2) is 6.07. The molecule has 0 saturated heterocycles. The predicted molar refractivity (Wildman–Crippen MR) is 97.6 cm³/mol. The van der Waals surface area contributed by atoms with E-state index in [0.29, 0.717) is 19.5 Å². The van der Waals surface area contributed by atoms with Gasteiger partial charge in [0.1, 0.15) is 4.90 Å². The monoisotopic (exact) mass is 372 g/mol. The van der Waals surface area contributed by atoms with Crippen molar-refractivity contribution >= 4 is 15.7 Å². The van der Waals surface area contributed by atoms with Gasteiger partial charge >= 0.3 is 5.69 Å². The molecule has 1 aliphatic rings. The van der Waals surface area contributed by atoms with Gasteiger partial charge in [-0.1, -0.05) is 24.3 Å². The van der Waals surface area contributed by atoms with Gasteiger partial charge in [-0.15, -0.1) is 5.10 Å². The Morgan fingerprint density at radius 1 is 1.08 bits per heavy atom. The fourth-order valence-electron chi connectivity index (χ4n) is 3.34. The lowest BCUT2D eigenvalue weighted by molar-refractivity contribution is 0.391. The van der Waals surface area contributed by atoms with E-state index < -0.39 is 10.0 Å². The lowest BCUT2D eigenvalue weighted by Gasteiger charge is -2.28. The van der Waals surface area contributed by atoms with Crippen molar-refractivity contribution in [2.45, 2.75) is 37.8 Å². The second-order valence-corrected chi connectivity index (χ2v) is 8.65. The van der Waals surface area contributed by atoms with Crippen LogP contribution in [0.3, 0.4) is 0 Å². The van der Waals surface area contributed by atoms with Crippen LogP contribution in [0.15, 0.2) is 52.3 Å². The maximum Gasteiger partial charge on any atom is 0.350 e. The van der Waals surface area contributed by atoms with Crippen molar-refractivity contribution in [1.29, 1.82) is 0 Å². The highest BCUT2D eigenvalue weighted by Gasteiger charge is 2.31. The largest absolute Gasteiger partial charge is 0.350 e. The van der Waals surface area contributed by atoms with E-state index in [0.717, 1.165) is 5.56 Å². The van der Waals surface area contributed by atoms with Crippen LogP contribution < -0.4 is 5.69 Å². The summed E-state index contributed by atoms with van der Waals surface area (Å²) >= 11 is 0. The van der Waals surface area contributed by atoms with Crippen molar-refractivity contribution in [2.75, 3.05) is 6.54 Å². The number of hydrogen-bond acceptors (Lipinski definition) is 4. The number of nitrogens with zero attached hydrogens (tertiary/aromatic N) is 4. The van der Waals surface area contributed by atoms with E-state index in [9.17, 15) is 13.2 Å². The highest BCUT2D eigenvalue weighted by molar-refractivity contribution is 7.89. The molecule has 2 aromatic heterocycles. The molecule has 0 radical (unpaired) electrons. The van der Waals surface area contributed by atoms with Crippen LogP contribution in [0, 0.1) is 0 Å². The summed E-state index contributed by atoms with van der Waals surface area (Å²) in [6, 6.07) is 10.8. The van der Waals surface area contributed by atoms with Crippen LogP contribution in [0.2, 0.25) is 0 Å². The SMILES string of the molecule is CC(C)n1nc2c(S(=O)(=O)N3CCc4ccccc4C3)cccn2c1=O. The van der Waals surface area contributed by atoms with E-state index in [1.165, 1.54) is 25.0 Å². The molecule has 8 heteroatoms. The van der Waals surface area contributed by atoms with Crippen LogP contribution in [-0.2, 0) is 23.0 Å². The molecule has 0 fully saturated rings. The molecule has 0 saturated carbocycles. The van der Waals surface area contributed by atoms with Gasteiger partial charge < -0.3 is 0 Å². The maximum absolute atomic E-state index is 13.3. The molecule has 0 aliphatic carbocycles. The first-order valence-corrected chi connectivity index (χ1v) is 10.0. The summed E-state index contributed by atoms with van der Waals surface area (Å²) in [4.78, 5) is 12.5. The molecule has 1 aliphatic heterocycles. The zero-order valence-corrected chi connectivity index (χ0v) is 15.5. The fourth-order valence-corrected chi connectivity index (χ4v) is 4.88. The molecule has 136 valence electrons. The van der Waals surface area contributed by atoms with Gasteiger partial charge in [-0.2, -0.15) is 4.31 Å². The van der Waals surface area contributed by atoms with Crippen molar-refractivity contribution < 1.29 is 8.42 Å². The van der Waals surface area contributed by atoms with Crippen molar-refractivity contribution in [1.82, 2.24) is 18.5 Å². The minimum atomic E-state index is -3.76. The van der Waals surface area contributed by atoms with Gasteiger partial charge in [0, 0.05) is 19.3 Å². The molecule has 3 heterocycles. The third-order valence-electron chi connectivity index (χ3n) is 4.74. The van der Waals surface area contributed by atoms with Gasteiger partial charge in [0.25, 0.3) is 0 Å². The lowest BCUT2D eigenvalue weighted by Crippen LogP contribution is -2.36. The summed E-state index contributed by atoms with van der Waals surface area (Å²) in [7, 11) is -3.76. The van der Waals surface area contributed by atoms with Gasteiger partial charge in [0.2, 0.25) is 10.0 Å². The minimum absolute atomic E-state index is 0.0656. The Morgan fingerprint density at radius 2 is 1.81 bits per heavy atom. The molecule has 7 nitrogen and oxygen atoms in total. The minimum Gasteiger partial charge on any atom is -0.249 e. The Kier molecular flexibility index (Phi) is 3.96. The average molecular weight is 372 g/mol. The number of benzene rings is 1. The predicted octanol–water partition coefficient (Wildman–Crippen LogP) is 1.82. The van der Waals surface area contributed by atoms with Gasteiger partial charge in [0.05, 0.1) is 6.04 Å². The molecule has 1 aromatic carbocycles. The number of hydrogen-bond donors (Lipinski definition) is 0. The van der Waals surface area contributed by atoms with E-state index >= 15 is 0 Å². The summed E-state index contributed by atoms with van der Waals surface area (Å²) < 4.78 is 30.6. The standard InChI is InChI=1S/C18H20N4O3S/c1-13(2)22-18(23)21-10-5-8-16(17(21)19-22)26(24,25)20-11-9-14-6-3-4-7-15(14)12-20/h3-8,10,13H,9,11-12H2,1-2H3. The Balaban J connectivity index is 1.82. The first-order chi connectivity index (χ1) is 12.4. The summed E-state index contributed by atoms with van der Waals surface area (Å²) in [5.74, 6) is 0. The fraction of sp³-hybridized carbons (Fsp3) is 0.333. The molecule has 26 heavy (non-hydrogen) atoms. The second-order valence-electron chi connectivity index (χ2n) is 6.74. The Bertz CT molecular complexity index is 1140. The molecule has 0 amide bonds. The van der Waals surface area contributed by atoms with Crippen LogP contribution in [0.25, 0.3) is 5.65 Å². The number of fused-ring (bicyclic) bond motifs is 2. The third-order valence-corrected chi connectivity index (χ3v) is 6.60. The molecule has 0 N–H and O–H groups in total. The van der Waals surface area contributed by atoms with Gasteiger partial charge in [-0.25, -0.2) is 22.3 Å². The Labute approximate surface area is 151 Å². The number of pyridine rings is 1. The molecule has 4 rings (SSSR count). The molecular weight excluding hydrogens is 352 g/mol. The van der Waals surface area contributed by atoms with Gasteiger partial charge in [-0.05, 0) is 43.5 Å². The average Bonchev–Trinajstić information content (AvgIpc) is 2.98. The highest BCUT2D eigenvalue weighted by atomic mass is 32.2. The zero-order valence-electron chi connectivity index (χ0n) is 14.7. The van der Waals surface area contributed by atoms with Crippen LogP contribution in [0.5, 0.6) is 0 Å². The molecule has 0 spiro atoms. The molecular formula is C18H20N4O3S. The summed E-state index contributed by atoms with van der Waals surface area (Å²) in [6.45, 7) is 4.41. The van der Waals surface area contributed by atoms with E-state index in [1.54, 1.807) is 12.3 Å². The summed E-state index contributed by atoms with van der Waals surface area (Å²) in [5.41, 5.74) is 2.03. The normalized spacial score (nSPS) is 15.5. The van der Waals surface area contributed by atoms with Crippen molar-refractivity contribution in [3.63, 3.8) is 0 Å². The maximum atomic E-state index is 13.3. The Morgan fingerprint density at radius 3 is 2.54 bits per heavy atom. The van der Waals surface area contributed by atoms with Crippen LogP contribution in [-0.4, -0.2) is 33.4 Å². The molecule has 0 atom stereocenters. The van der Waals surface area contributed by atoms with E-state index in [4.69, 9.17) is 0 Å². The van der Waals surface area contributed by atoms with Crippen LogP contribution >= 0.6 is 0 Å². The quantitative estimate of drug-likeness (QED) is 0.703. The van der Waals surface area contributed by atoms with Crippen molar-refractivity contribution in [3.8, 4) is 0 Å². The smallest absolute Gasteiger partial charge is 0.249 e. The Hall–Kier alpha value is -2.45. The van der Waals surface area contributed by atoms with Crippen LogP contribution in [0.4, 0.5) is 0 Å². The topological polar surface area (TPSA) is 76.7 Å². The highest BCUT2D eigenvalue weighted by Crippen LogP contribution is 2.26. The molecule has 0 unspecified atom stereocenters. The van der Waals surface area contributed by atoms with E-state index in [-0.39, 0.29) is 22.3 Å². The third kappa shape index (κ3) is 2.57. The van der Waals surface area contributed by atoms with Gasteiger partial charge in [-0.3, -0.25) is 0 Å².